The second-order valence-corrected chi connectivity index (χ2v) is 0.825. The Morgan fingerprint density at radius 2 is 0.818 bits per heavy atom. The predicted molar refractivity (Wildman–Crippen MR) is 15.4 cm³/mol. The number of rotatable bonds is 0. The molecule has 0 amide bonds. The Morgan fingerprint density at radius 1 is 0.727 bits per heavy atom. The Labute approximate surface area is 73.0 Å². The van der Waals surface area contributed by atoms with E-state index in [1.54, 1.807) is 0 Å². The van der Waals surface area contributed by atoms with Crippen LogP contribution in [0.15, 0.2) is 0 Å². The molecule has 0 radical (unpaired) electrons. The molecule has 62 valence electrons. The summed E-state index contributed by atoms with van der Waals surface area (Å²) in [6.07, 6.45) is -2.33. The zero-order valence-corrected chi connectivity index (χ0v) is 6.45. The topological polar surface area (TPSA) is 143 Å². The SMILES string of the molecule is O=C([O-])C(=O)[O-].O=C([O-])[O-].[Ru+4]. The molecule has 0 bridgehead atoms. The zero-order chi connectivity index (χ0) is 8.73. The van der Waals surface area contributed by atoms with E-state index < -0.39 is 18.1 Å². The monoisotopic (exact) mass is 250 g/mol. The van der Waals surface area contributed by atoms with Crippen molar-refractivity contribution in [3.63, 3.8) is 0 Å². The molecule has 0 aromatic heterocycles. The van der Waals surface area contributed by atoms with Crippen molar-refractivity contribution in [2.75, 3.05) is 0 Å². The summed E-state index contributed by atoms with van der Waals surface area (Å²) in [7, 11) is 0. The molecule has 0 saturated carbocycles. The number of carbonyl (C=O) groups excluding carboxylic acids is 3. The summed E-state index contributed by atoms with van der Waals surface area (Å²) in [6.45, 7) is 0. The van der Waals surface area contributed by atoms with Gasteiger partial charge in [-0.15, -0.1) is 0 Å². The van der Waals surface area contributed by atoms with Gasteiger partial charge in [-0.3, -0.25) is 0 Å². The third-order valence-electron chi connectivity index (χ3n) is 0.167. The average Bonchev–Trinajstić information content (AvgIpc) is 1.63. The quantitative estimate of drug-likeness (QED) is 0.307. The zero-order valence-electron chi connectivity index (χ0n) is 4.71. The Hall–Kier alpha value is -1.17. The van der Waals surface area contributed by atoms with Crippen molar-refractivity contribution in [3.8, 4) is 0 Å². The van der Waals surface area contributed by atoms with Crippen LogP contribution < -0.4 is 20.4 Å². The summed E-state index contributed by atoms with van der Waals surface area (Å²) in [5.74, 6) is -4.37. The first-order valence-corrected chi connectivity index (χ1v) is 1.68. The second kappa shape index (κ2) is 8.83. The molecule has 0 aromatic rings. The molecule has 0 aliphatic rings. The number of aliphatic carboxylic acids is 2. The van der Waals surface area contributed by atoms with Crippen molar-refractivity contribution < 1.29 is 54.3 Å². The summed E-state index contributed by atoms with van der Waals surface area (Å²) < 4.78 is 0. The van der Waals surface area contributed by atoms with Crippen molar-refractivity contribution in [1.82, 2.24) is 0 Å². The van der Waals surface area contributed by atoms with E-state index >= 15 is 0 Å². The summed E-state index contributed by atoms with van der Waals surface area (Å²) >= 11 is 0. The molecule has 0 saturated heterocycles. The third kappa shape index (κ3) is 51.4. The summed E-state index contributed by atoms with van der Waals surface area (Å²) in [4.78, 5) is 26.2. The van der Waals surface area contributed by atoms with E-state index in [2.05, 4.69) is 0 Å². The molecule has 11 heavy (non-hydrogen) atoms. The van der Waals surface area contributed by atoms with Gasteiger partial charge in [0.25, 0.3) is 0 Å². The molecular weight excluding hydrogens is 249 g/mol. The number of carbonyl (C=O) groups is 3. The van der Waals surface area contributed by atoms with E-state index in [4.69, 9.17) is 34.8 Å². The van der Waals surface area contributed by atoms with E-state index in [0.717, 1.165) is 0 Å². The second-order valence-electron chi connectivity index (χ2n) is 0.825. The molecule has 0 aromatic carbocycles. The van der Waals surface area contributed by atoms with Crippen LogP contribution in [0.5, 0.6) is 0 Å². The van der Waals surface area contributed by atoms with Crippen molar-refractivity contribution in [1.29, 1.82) is 0 Å². The molecule has 0 unspecified atom stereocenters. The van der Waals surface area contributed by atoms with Crippen LogP contribution in [0.4, 0.5) is 4.79 Å². The molecule has 0 aliphatic heterocycles. The minimum Gasteiger partial charge on any atom is -0.652 e. The first kappa shape index (κ1) is 16.4. The van der Waals surface area contributed by atoms with E-state index in [1.165, 1.54) is 0 Å². The van der Waals surface area contributed by atoms with Crippen LogP contribution in [0.1, 0.15) is 0 Å². The molecular formula is C3O7Ru. The van der Waals surface area contributed by atoms with Crippen LogP contribution in [0.2, 0.25) is 0 Å². The molecule has 0 atom stereocenters. The molecule has 0 aliphatic carbocycles. The van der Waals surface area contributed by atoms with Gasteiger partial charge >= 0.3 is 19.5 Å². The van der Waals surface area contributed by atoms with Gasteiger partial charge in [-0.05, 0) is 6.16 Å². The van der Waals surface area contributed by atoms with Gasteiger partial charge < -0.3 is 34.8 Å². The molecule has 0 fully saturated rings. The van der Waals surface area contributed by atoms with Gasteiger partial charge in [0.05, 0.1) is 11.9 Å². The fourth-order valence-corrected chi connectivity index (χ4v) is 0. The van der Waals surface area contributed by atoms with Gasteiger partial charge in [0, 0.05) is 0 Å². The number of hydrogen-bond donors (Lipinski definition) is 0. The van der Waals surface area contributed by atoms with Crippen LogP contribution in [-0.2, 0) is 29.1 Å². The van der Waals surface area contributed by atoms with Crippen LogP contribution in [0.25, 0.3) is 0 Å². The maximum Gasteiger partial charge on any atom is 4.00 e. The Balaban J connectivity index is -0.000000114. The standard InChI is InChI=1S/C2H2O4.CH2O3.Ru/c3-1(4)2(5)6;2-1(3)4;/h(H,3,4)(H,5,6);(H2,2,3,4);/q;;+4/p-4. The molecule has 7 nitrogen and oxygen atoms in total. The molecule has 0 heterocycles. The fourth-order valence-electron chi connectivity index (χ4n) is 0. The maximum atomic E-state index is 8.93. The first-order valence-electron chi connectivity index (χ1n) is 1.68. The van der Waals surface area contributed by atoms with E-state index in [-0.39, 0.29) is 19.5 Å². The Kier molecular flexibility index (Phi) is 13.2. The average molecular weight is 249 g/mol. The summed E-state index contributed by atoms with van der Waals surface area (Å²) in [5.41, 5.74) is 0. The minimum atomic E-state index is -2.33. The van der Waals surface area contributed by atoms with Crippen molar-refractivity contribution in [2.24, 2.45) is 0 Å². The number of carboxylic acids is 2. The van der Waals surface area contributed by atoms with Gasteiger partial charge in [0.1, 0.15) is 0 Å². The largest absolute Gasteiger partial charge is 4.00 e. The van der Waals surface area contributed by atoms with Gasteiger partial charge in [0.15, 0.2) is 0 Å². The molecule has 8 heteroatoms. The molecule has 0 N–H and O–H groups in total. The van der Waals surface area contributed by atoms with Crippen molar-refractivity contribution >= 4 is 18.1 Å². The fraction of sp³-hybridized carbons (Fsp3) is 0. The van der Waals surface area contributed by atoms with Crippen LogP contribution in [-0.4, -0.2) is 18.1 Å². The third-order valence-corrected chi connectivity index (χ3v) is 0.167. The smallest absolute Gasteiger partial charge is 0.652 e. The molecule has 0 rings (SSSR count). The summed E-state index contributed by atoms with van der Waals surface area (Å²) in [5, 5.41) is 34.5. The first-order chi connectivity index (χ1) is 4.37. The van der Waals surface area contributed by atoms with E-state index in [0.29, 0.717) is 0 Å². The van der Waals surface area contributed by atoms with Crippen molar-refractivity contribution in [3.05, 3.63) is 0 Å². The predicted octanol–water partition coefficient (Wildman–Crippen LogP) is -5.96. The van der Waals surface area contributed by atoms with Crippen LogP contribution >= 0.6 is 0 Å². The van der Waals surface area contributed by atoms with E-state index in [9.17, 15) is 0 Å². The van der Waals surface area contributed by atoms with Crippen LogP contribution in [0, 0.1) is 0 Å². The van der Waals surface area contributed by atoms with Gasteiger partial charge in [0.2, 0.25) is 0 Å². The molecule has 0 spiro atoms. The van der Waals surface area contributed by atoms with E-state index in [1.807, 2.05) is 0 Å². The normalized spacial score (nSPS) is 6.18. The maximum absolute atomic E-state index is 8.93. The van der Waals surface area contributed by atoms with Gasteiger partial charge in [-0.25, -0.2) is 0 Å². The van der Waals surface area contributed by atoms with Gasteiger partial charge in [-0.2, -0.15) is 0 Å². The number of carboxylic acid groups (broad SMARTS) is 4. The van der Waals surface area contributed by atoms with Crippen LogP contribution in [0.3, 0.4) is 0 Å². The number of hydrogen-bond acceptors (Lipinski definition) is 7. The Bertz CT molecular complexity index is 136. The minimum absolute atomic E-state index is 0. The Morgan fingerprint density at radius 3 is 0.818 bits per heavy atom. The van der Waals surface area contributed by atoms with Gasteiger partial charge in [-0.1, -0.05) is 0 Å². The summed E-state index contributed by atoms with van der Waals surface area (Å²) in [6, 6.07) is 0. The van der Waals surface area contributed by atoms with Crippen molar-refractivity contribution in [2.45, 2.75) is 0 Å².